The molecule has 0 atom stereocenters. The van der Waals surface area contributed by atoms with Crippen LogP contribution in [0.5, 0.6) is 5.88 Å². The lowest BCUT2D eigenvalue weighted by atomic mass is 10.1. The van der Waals surface area contributed by atoms with Gasteiger partial charge in [-0.25, -0.2) is 4.98 Å². The number of hydrogen-bond acceptors (Lipinski definition) is 3. The van der Waals surface area contributed by atoms with Crippen molar-refractivity contribution in [3.8, 4) is 5.88 Å². The Morgan fingerprint density at radius 3 is 2.14 bits per heavy atom. The highest BCUT2D eigenvalue weighted by atomic mass is 19.4. The number of pyridine rings is 1. The minimum absolute atomic E-state index is 0.158. The van der Waals surface area contributed by atoms with E-state index >= 15 is 0 Å². The fourth-order valence-corrected chi connectivity index (χ4v) is 2.20. The van der Waals surface area contributed by atoms with Gasteiger partial charge >= 0.3 is 12.4 Å². The van der Waals surface area contributed by atoms with E-state index in [1.807, 2.05) is 0 Å². The quantitative estimate of drug-likeness (QED) is 0.423. The summed E-state index contributed by atoms with van der Waals surface area (Å²) in [6.07, 6.45) is -7.53. The molecule has 0 saturated heterocycles. The number of nitrogens with zero attached hydrogens (tertiary/aromatic N) is 2. The maximum Gasteiger partial charge on any atom is 0.422 e. The van der Waals surface area contributed by atoms with E-state index in [4.69, 9.17) is 0 Å². The van der Waals surface area contributed by atoms with Crippen molar-refractivity contribution >= 4 is 5.96 Å². The summed E-state index contributed by atoms with van der Waals surface area (Å²) < 4.78 is 78.9. The van der Waals surface area contributed by atoms with Crippen LogP contribution in [0.15, 0.2) is 47.6 Å². The number of aliphatic imine (C=N–C) groups is 1. The first-order valence-corrected chi connectivity index (χ1v) is 8.32. The molecule has 0 aliphatic carbocycles. The topological polar surface area (TPSA) is 58.5 Å². The molecule has 0 saturated carbocycles. The van der Waals surface area contributed by atoms with Crippen molar-refractivity contribution in [2.75, 3.05) is 13.7 Å². The standard InChI is InChI=1S/C18H18F6N4O/c1-25-16(27-9-12-2-4-14(5-3-12)18(22,23)24)28-10-13-6-7-26-15(8-13)29-11-17(19,20)21/h2-8H,9-11H2,1H3,(H2,25,27,28). The normalized spacial score (nSPS) is 12.6. The van der Waals surface area contributed by atoms with E-state index in [0.717, 1.165) is 12.1 Å². The number of nitrogens with one attached hydrogen (secondary N) is 2. The molecule has 0 fully saturated rings. The molecule has 5 nitrogen and oxygen atoms in total. The first-order valence-electron chi connectivity index (χ1n) is 8.32. The molecule has 0 aliphatic heterocycles. The van der Waals surface area contributed by atoms with E-state index in [-0.39, 0.29) is 19.0 Å². The maximum atomic E-state index is 12.6. The fourth-order valence-electron chi connectivity index (χ4n) is 2.20. The van der Waals surface area contributed by atoms with Gasteiger partial charge in [0.2, 0.25) is 5.88 Å². The van der Waals surface area contributed by atoms with Gasteiger partial charge in [0.05, 0.1) is 5.56 Å². The van der Waals surface area contributed by atoms with Crippen LogP contribution in [0.3, 0.4) is 0 Å². The Hall–Kier alpha value is -2.98. The molecular formula is C18H18F6N4O. The van der Waals surface area contributed by atoms with Crippen molar-refractivity contribution in [3.63, 3.8) is 0 Å². The van der Waals surface area contributed by atoms with E-state index in [2.05, 4.69) is 25.3 Å². The molecule has 1 aromatic carbocycles. The third-order valence-electron chi connectivity index (χ3n) is 3.61. The van der Waals surface area contributed by atoms with Crippen LogP contribution < -0.4 is 15.4 Å². The molecule has 1 heterocycles. The highest BCUT2D eigenvalue weighted by Crippen LogP contribution is 2.29. The van der Waals surface area contributed by atoms with Crippen molar-refractivity contribution in [3.05, 3.63) is 59.3 Å². The lowest BCUT2D eigenvalue weighted by molar-refractivity contribution is -0.154. The molecule has 0 unspecified atom stereocenters. The zero-order chi connectivity index (χ0) is 21.5. The molecule has 2 aromatic rings. The van der Waals surface area contributed by atoms with Crippen LogP contribution in [0.1, 0.15) is 16.7 Å². The van der Waals surface area contributed by atoms with Crippen molar-refractivity contribution in [2.45, 2.75) is 25.4 Å². The monoisotopic (exact) mass is 420 g/mol. The number of guanidine groups is 1. The molecule has 0 amide bonds. The average molecular weight is 420 g/mol. The summed E-state index contributed by atoms with van der Waals surface area (Å²) in [5, 5.41) is 5.88. The van der Waals surface area contributed by atoms with E-state index in [9.17, 15) is 26.3 Å². The minimum Gasteiger partial charge on any atom is -0.468 e. The molecular weight excluding hydrogens is 402 g/mol. The molecule has 2 rings (SSSR count). The smallest absolute Gasteiger partial charge is 0.422 e. The Bertz CT molecular complexity index is 818. The summed E-state index contributed by atoms with van der Waals surface area (Å²) >= 11 is 0. The zero-order valence-electron chi connectivity index (χ0n) is 15.2. The van der Waals surface area contributed by atoms with Gasteiger partial charge in [-0.2, -0.15) is 26.3 Å². The van der Waals surface area contributed by atoms with Gasteiger partial charge in [0, 0.05) is 32.4 Å². The first kappa shape index (κ1) is 22.3. The van der Waals surface area contributed by atoms with Gasteiger partial charge in [-0.3, -0.25) is 4.99 Å². The third kappa shape index (κ3) is 7.88. The molecule has 11 heteroatoms. The molecule has 29 heavy (non-hydrogen) atoms. The van der Waals surface area contributed by atoms with Crippen LogP contribution in [0.25, 0.3) is 0 Å². The maximum absolute atomic E-state index is 12.6. The number of alkyl halides is 6. The fraction of sp³-hybridized carbons (Fsp3) is 0.333. The summed E-state index contributed by atoms with van der Waals surface area (Å²) in [4.78, 5) is 7.70. The SMILES string of the molecule is CN=C(NCc1ccc(C(F)(F)F)cc1)NCc1ccnc(OCC(F)(F)F)c1. The van der Waals surface area contributed by atoms with E-state index in [1.165, 1.54) is 31.4 Å². The van der Waals surface area contributed by atoms with E-state index in [1.54, 1.807) is 6.07 Å². The Balaban J connectivity index is 1.86. The van der Waals surface area contributed by atoms with E-state index < -0.39 is 24.5 Å². The molecule has 158 valence electrons. The highest BCUT2D eigenvalue weighted by molar-refractivity contribution is 5.79. The van der Waals surface area contributed by atoms with Crippen molar-refractivity contribution in [1.82, 2.24) is 15.6 Å². The molecule has 1 aromatic heterocycles. The summed E-state index contributed by atoms with van der Waals surface area (Å²) in [5.41, 5.74) is 0.493. The molecule has 0 aliphatic rings. The Labute approximate surface area is 162 Å². The number of hydrogen-bond donors (Lipinski definition) is 2. The number of rotatable bonds is 6. The second-order valence-corrected chi connectivity index (χ2v) is 5.88. The molecule has 0 bridgehead atoms. The molecule has 0 radical (unpaired) electrons. The second kappa shape index (κ2) is 9.48. The van der Waals surface area contributed by atoms with Crippen LogP contribution >= 0.6 is 0 Å². The van der Waals surface area contributed by atoms with Crippen LogP contribution in [0.4, 0.5) is 26.3 Å². The lowest BCUT2D eigenvalue weighted by Gasteiger charge is -2.13. The van der Waals surface area contributed by atoms with Gasteiger partial charge in [0.1, 0.15) is 0 Å². The number of benzene rings is 1. The van der Waals surface area contributed by atoms with Gasteiger partial charge in [-0.1, -0.05) is 12.1 Å². The van der Waals surface area contributed by atoms with Crippen LogP contribution in [-0.2, 0) is 19.3 Å². The summed E-state index contributed by atoms with van der Waals surface area (Å²) in [7, 11) is 1.51. The number of aromatic nitrogens is 1. The van der Waals surface area contributed by atoms with Crippen LogP contribution in [-0.4, -0.2) is 30.8 Å². The Morgan fingerprint density at radius 2 is 1.59 bits per heavy atom. The first-order chi connectivity index (χ1) is 13.6. The largest absolute Gasteiger partial charge is 0.468 e. The average Bonchev–Trinajstić information content (AvgIpc) is 2.66. The lowest BCUT2D eigenvalue weighted by Crippen LogP contribution is -2.36. The summed E-state index contributed by atoms with van der Waals surface area (Å²) in [6.45, 7) is -0.987. The predicted molar refractivity (Wildman–Crippen MR) is 94.3 cm³/mol. The van der Waals surface area contributed by atoms with E-state index in [0.29, 0.717) is 17.1 Å². The van der Waals surface area contributed by atoms with Crippen molar-refractivity contribution < 1.29 is 31.1 Å². The van der Waals surface area contributed by atoms with Crippen molar-refractivity contribution in [1.29, 1.82) is 0 Å². The Morgan fingerprint density at radius 1 is 0.966 bits per heavy atom. The second-order valence-electron chi connectivity index (χ2n) is 5.88. The number of ether oxygens (including phenoxy) is 1. The third-order valence-corrected chi connectivity index (χ3v) is 3.61. The van der Waals surface area contributed by atoms with Gasteiger partial charge in [-0.05, 0) is 29.3 Å². The number of halogens is 6. The van der Waals surface area contributed by atoms with Gasteiger partial charge < -0.3 is 15.4 Å². The predicted octanol–water partition coefficient (Wildman–Crippen LogP) is 3.91. The van der Waals surface area contributed by atoms with Crippen LogP contribution in [0, 0.1) is 0 Å². The molecule has 0 spiro atoms. The highest BCUT2D eigenvalue weighted by Gasteiger charge is 2.30. The zero-order valence-corrected chi connectivity index (χ0v) is 15.2. The van der Waals surface area contributed by atoms with Gasteiger partial charge in [0.25, 0.3) is 0 Å². The summed E-state index contributed by atoms with van der Waals surface area (Å²) in [5.74, 6) is 0.203. The van der Waals surface area contributed by atoms with Crippen molar-refractivity contribution in [2.24, 2.45) is 4.99 Å². The summed E-state index contributed by atoms with van der Waals surface area (Å²) in [6, 6.07) is 7.66. The van der Waals surface area contributed by atoms with Gasteiger partial charge in [-0.15, -0.1) is 0 Å². The van der Waals surface area contributed by atoms with Gasteiger partial charge in [0.15, 0.2) is 12.6 Å². The Kier molecular flexibility index (Phi) is 7.29. The molecule has 2 N–H and O–H groups in total. The van der Waals surface area contributed by atoms with Crippen LogP contribution in [0.2, 0.25) is 0 Å². The minimum atomic E-state index is -4.46.